The summed E-state index contributed by atoms with van der Waals surface area (Å²) in [6, 6.07) is 16.4. The first-order valence-electron chi connectivity index (χ1n) is 6.89. The van der Waals surface area contributed by atoms with E-state index in [9.17, 15) is 0 Å². The number of benzene rings is 2. The van der Waals surface area contributed by atoms with Crippen molar-refractivity contribution in [3.05, 3.63) is 64.3 Å². The third-order valence-electron chi connectivity index (χ3n) is 3.45. The standard InChI is InChI=1S/C17H16BrN3/c1-11(13-6-5-7-14(18)10-13)20-17-12(2)19-15-8-3-4-9-16(15)21-17/h3-11H,1-2H3,(H,20,21). The Morgan fingerprint density at radius 3 is 2.43 bits per heavy atom. The summed E-state index contributed by atoms with van der Waals surface area (Å²) in [6.45, 7) is 4.10. The minimum Gasteiger partial charge on any atom is -0.362 e. The zero-order valence-corrected chi connectivity index (χ0v) is 13.6. The molecule has 1 heterocycles. The maximum atomic E-state index is 4.68. The van der Waals surface area contributed by atoms with E-state index in [2.05, 4.69) is 50.3 Å². The van der Waals surface area contributed by atoms with E-state index in [1.807, 2.05) is 43.3 Å². The van der Waals surface area contributed by atoms with Crippen molar-refractivity contribution < 1.29 is 0 Å². The Kier molecular flexibility index (Phi) is 3.88. The van der Waals surface area contributed by atoms with Gasteiger partial charge in [-0.05, 0) is 43.7 Å². The van der Waals surface area contributed by atoms with E-state index >= 15 is 0 Å². The molecule has 0 amide bonds. The fraction of sp³-hybridized carbons (Fsp3) is 0.176. The van der Waals surface area contributed by atoms with Crippen molar-refractivity contribution in [2.75, 3.05) is 5.32 Å². The predicted octanol–water partition coefficient (Wildman–Crippen LogP) is 4.87. The lowest BCUT2D eigenvalue weighted by Crippen LogP contribution is -2.10. The van der Waals surface area contributed by atoms with Crippen LogP contribution in [-0.4, -0.2) is 9.97 Å². The number of nitrogens with one attached hydrogen (secondary N) is 1. The van der Waals surface area contributed by atoms with Crippen LogP contribution in [0.2, 0.25) is 0 Å². The highest BCUT2D eigenvalue weighted by Gasteiger charge is 2.10. The van der Waals surface area contributed by atoms with Crippen molar-refractivity contribution in [2.24, 2.45) is 0 Å². The van der Waals surface area contributed by atoms with Gasteiger partial charge in [0.1, 0.15) is 5.82 Å². The van der Waals surface area contributed by atoms with Gasteiger partial charge in [0.15, 0.2) is 0 Å². The molecule has 3 aromatic rings. The molecule has 0 spiro atoms. The summed E-state index contributed by atoms with van der Waals surface area (Å²) in [6.07, 6.45) is 0. The summed E-state index contributed by atoms with van der Waals surface area (Å²) in [7, 11) is 0. The van der Waals surface area contributed by atoms with Gasteiger partial charge in [-0.1, -0.05) is 40.2 Å². The van der Waals surface area contributed by atoms with E-state index in [-0.39, 0.29) is 6.04 Å². The van der Waals surface area contributed by atoms with Crippen LogP contribution < -0.4 is 5.32 Å². The van der Waals surface area contributed by atoms with Gasteiger partial charge in [0, 0.05) is 4.47 Å². The predicted molar refractivity (Wildman–Crippen MR) is 90.5 cm³/mol. The first kappa shape index (κ1) is 14.0. The summed E-state index contributed by atoms with van der Waals surface area (Å²) >= 11 is 3.51. The molecule has 0 saturated carbocycles. The van der Waals surface area contributed by atoms with Crippen molar-refractivity contribution in [3.8, 4) is 0 Å². The van der Waals surface area contributed by atoms with E-state index in [1.165, 1.54) is 5.56 Å². The Balaban J connectivity index is 1.92. The molecule has 0 fully saturated rings. The average Bonchev–Trinajstić information content (AvgIpc) is 2.48. The number of aryl methyl sites for hydroxylation is 1. The topological polar surface area (TPSA) is 37.8 Å². The zero-order chi connectivity index (χ0) is 14.8. The van der Waals surface area contributed by atoms with Crippen molar-refractivity contribution in [2.45, 2.75) is 19.9 Å². The summed E-state index contributed by atoms with van der Waals surface area (Å²) in [4.78, 5) is 9.28. The normalized spacial score (nSPS) is 12.3. The Labute approximate surface area is 132 Å². The van der Waals surface area contributed by atoms with Gasteiger partial charge in [-0.3, -0.25) is 0 Å². The van der Waals surface area contributed by atoms with E-state index in [4.69, 9.17) is 0 Å². The molecule has 0 radical (unpaired) electrons. The lowest BCUT2D eigenvalue weighted by atomic mass is 10.1. The molecule has 1 atom stereocenters. The number of halogens is 1. The molecule has 1 unspecified atom stereocenters. The van der Waals surface area contributed by atoms with Gasteiger partial charge in [0.2, 0.25) is 0 Å². The Morgan fingerprint density at radius 1 is 1.00 bits per heavy atom. The number of anilines is 1. The average molecular weight is 342 g/mol. The fourth-order valence-corrected chi connectivity index (χ4v) is 2.71. The van der Waals surface area contributed by atoms with Crippen LogP contribution in [0.4, 0.5) is 5.82 Å². The highest BCUT2D eigenvalue weighted by molar-refractivity contribution is 9.10. The largest absolute Gasteiger partial charge is 0.362 e. The first-order valence-corrected chi connectivity index (χ1v) is 7.68. The minimum absolute atomic E-state index is 0.164. The Hall–Kier alpha value is -1.94. The molecule has 3 rings (SSSR count). The third kappa shape index (κ3) is 3.05. The number of hydrogen-bond acceptors (Lipinski definition) is 3. The maximum absolute atomic E-state index is 4.68. The number of hydrogen-bond donors (Lipinski definition) is 1. The minimum atomic E-state index is 0.164. The first-order chi connectivity index (χ1) is 10.1. The molecule has 21 heavy (non-hydrogen) atoms. The molecule has 0 saturated heterocycles. The lowest BCUT2D eigenvalue weighted by molar-refractivity contribution is 0.869. The van der Waals surface area contributed by atoms with Crippen molar-refractivity contribution in [3.63, 3.8) is 0 Å². The highest BCUT2D eigenvalue weighted by atomic mass is 79.9. The molecule has 3 nitrogen and oxygen atoms in total. The molecule has 0 aliphatic rings. The summed E-state index contributed by atoms with van der Waals surface area (Å²) in [5.74, 6) is 0.834. The van der Waals surface area contributed by atoms with Crippen LogP contribution >= 0.6 is 15.9 Å². The Bertz CT molecular complexity index is 786. The van der Waals surface area contributed by atoms with Gasteiger partial charge in [-0.2, -0.15) is 0 Å². The van der Waals surface area contributed by atoms with Gasteiger partial charge in [0.25, 0.3) is 0 Å². The second kappa shape index (κ2) is 5.82. The van der Waals surface area contributed by atoms with Gasteiger partial charge in [-0.15, -0.1) is 0 Å². The SMILES string of the molecule is Cc1nc2ccccc2nc1NC(C)c1cccc(Br)c1. The van der Waals surface area contributed by atoms with Crippen LogP contribution in [0.1, 0.15) is 24.2 Å². The van der Waals surface area contributed by atoms with Crippen molar-refractivity contribution in [1.82, 2.24) is 9.97 Å². The van der Waals surface area contributed by atoms with E-state index in [1.54, 1.807) is 0 Å². The number of aromatic nitrogens is 2. The smallest absolute Gasteiger partial charge is 0.148 e. The second-order valence-electron chi connectivity index (χ2n) is 5.07. The molecule has 0 bridgehead atoms. The highest BCUT2D eigenvalue weighted by Crippen LogP contribution is 2.23. The van der Waals surface area contributed by atoms with Gasteiger partial charge in [-0.25, -0.2) is 9.97 Å². The summed E-state index contributed by atoms with van der Waals surface area (Å²) < 4.78 is 1.08. The second-order valence-corrected chi connectivity index (χ2v) is 5.98. The van der Waals surface area contributed by atoms with E-state index < -0.39 is 0 Å². The molecule has 1 N–H and O–H groups in total. The molecule has 4 heteroatoms. The third-order valence-corrected chi connectivity index (χ3v) is 3.94. The number of fused-ring (bicyclic) bond motifs is 1. The van der Waals surface area contributed by atoms with Crippen LogP contribution in [0.25, 0.3) is 11.0 Å². The van der Waals surface area contributed by atoms with E-state index in [0.29, 0.717) is 0 Å². The molecular formula is C17H16BrN3. The molecule has 106 valence electrons. The maximum Gasteiger partial charge on any atom is 0.148 e. The summed E-state index contributed by atoms with van der Waals surface area (Å²) in [5, 5.41) is 3.45. The molecule has 0 aliphatic carbocycles. The molecule has 1 aromatic heterocycles. The monoisotopic (exact) mass is 341 g/mol. The summed E-state index contributed by atoms with van der Waals surface area (Å²) in [5.41, 5.74) is 3.96. The molecule has 0 aliphatic heterocycles. The molecular weight excluding hydrogens is 326 g/mol. The Morgan fingerprint density at radius 2 is 1.71 bits per heavy atom. The fourth-order valence-electron chi connectivity index (χ4n) is 2.29. The van der Waals surface area contributed by atoms with Gasteiger partial charge < -0.3 is 5.32 Å². The van der Waals surface area contributed by atoms with E-state index in [0.717, 1.165) is 27.0 Å². The van der Waals surface area contributed by atoms with Crippen LogP contribution in [0.5, 0.6) is 0 Å². The van der Waals surface area contributed by atoms with Crippen LogP contribution in [0, 0.1) is 6.92 Å². The van der Waals surface area contributed by atoms with Crippen LogP contribution in [0.15, 0.2) is 53.0 Å². The zero-order valence-electron chi connectivity index (χ0n) is 12.0. The van der Waals surface area contributed by atoms with Crippen molar-refractivity contribution >= 4 is 32.8 Å². The van der Waals surface area contributed by atoms with Gasteiger partial charge >= 0.3 is 0 Å². The lowest BCUT2D eigenvalue weighted by Gasteiger charge is -2.17. The van der Waals surface area contributed by atoms with Crippen molar-refractivity contribution in [1.29, 1.82) is 0 Å². The van der Waals surface area contributed by atoms with Crippen LogP contribution in [0.3, 0.4) is 0 Å². The van der Waals surface area contributed by atoms with Crippen LogP contribution in [-0.2, 0) is 0 Å². The van der Waals surface area contributed by atoms with Gasteiger partial charge in [0.05, 0.1) is 22.8 Å². The number of para-hydroxylation sites is 2. The number of rotatable bonds is 3. The molecule has 2 aromatic carbocycles. The number of nitrogens with zero attached hydrogens (tertiary/aromatic N) is 2. The quantitative estimate of drug-likeness (QED) is 0.738.